The maximum absolute atomic E-state index is 11.6. The highest BCUT2D eigenvalue weighted by molar-refractivity contribution is 5.85. The molecule has 0 bridgehead atoms. The lowest BCUT2D eigenvalue weighted by molar-refractivity contribution is -0.123. The molecule has 108 valence electrons. The molecule has 4 nitrogen and oxygen atoms in total. The summed E-state index contributed by atoms with van der Waals surface area (Å²) in [6, 6.07) is 0. The average molecular weight is 279 g/mol. The van der Waals surface area contributed by atoms with Gasteiger partial charge in [-0.3, -0.25) is 4.79 Å². The first-order chi connectivity index (χ1) is 8.15. The summed E-state index contributed by atoms with van der Waals surface area (Å²) in [6.45, 7) is 3.50. The monoisotopic (exact) mass is 278 g/mol. The van der Waals surface area contributed by atoms with Gasteiger partial charge in [-0.05, 0) is 24.7 Å². The number of methoxy groups -OCH3 is 1. The van der Waals surface area contributed by atoms with Crippen LogP contribution < -0.4 is 11.1 Å². The molecule has 0 heterocycles. The second-order valence-corrected chi connectivity index (χ2v) is 5.24. The van der Waals surface area contributed by atoms with Crippen molar-refractivity contribution >= 4 is 18.3 Å². The van der Waals surface area contributed by atoms with Gasteiger partial charge >= 0.3 is 0 Å². The summed E-state index contributed by atoms with van der Waals surface area (Å²) >= 11 is 0. The fraction of sp³-hybridized carbons (Fsp3) is 0.923. The van der Waals surface area contributed by atoms with Crippen molar-refractivity contribution in [3.8, 4) is 0 Å². The topological polar surface area (TPSA) is 64.3 Å². The van der Waals surface area contributed by atoms with Gasteiger partial charge in [0.2, 0.25) is 5.91 Å². The Kier molecular flexibility index (Phi) is 9.42. The van der Waals surface area contributed by atoms with Crippen molar-refractivity contribution in [2.45, 2.75) is 45.1 Å². The van der Waals surface area contributed by atoms with Crippen LogP contribution in [0.3, 0.4) is 0 Å². The molecular weight excluding hydrogens is 252 g/mol. The van der Waals surface area contributed by atoms with Gasteiger partial charge in [-0.15, -0.1) is 12.4 Å². The van der Waals surface area contributed by atoms with Crippen LogP contribution in [0.1, 0.15) is 39.0 Å². The minimum atomic E-state index is -0.153. The molecule has 0 spiro atoms. The quantitative estimate of drug-likeness (QED) is 0.777. The fourth-order valence-electron chi connectivity index (χ4n) is 2.55. The molecule has 0 aromatic carbocycles. The smallest absolute Gasteiger partial charge is 0.222 e. The highest BCUT2D eigenvalue weighted by atomic mass is 35.5. The molecule has 5 heteroatoms. The van der Waals surface area contributed by atoms with E-state index in [0.717, 1.165) is 12.5 Å². The number of halogens is 1. The minimum Gasteiger partial charge on any atom is -0.380 e. The van der Waals surface area contributed by atoms with E-state index < -0.39 is 0 Å². The van der Waals surface area contributed by atoms with Crippen LogP contribution in [0.15, 0.2) is 0 Å². The van der Waals surface area contributed by atoms with E-state index in [-0.39, 0.29) is 24.4 Å². The van der Waals surface area contributed by atoms with E-state index in [0.29, 0.717) is 18.9 Å². The van der Waals surface area contributed by atoms with E-state index in [9.17, 15) is 4.79 Å². The zero-order chi connectivity index (χ0) is 12.7. The van der Waals surface area contributed by atoms with Crippen LogP contribution in [0, 0.1) is 11.8 Å². The lowest BCUT2D eigenvalue weighted by Gasteiger charge is -2.27. The van der Waals surface area contributed by atoms with Crippen LogP contribution in [0.5, 0.6) is 0 Å². The molecule has 1 fully saturated rings. The highest BCUT2D eigenvalue weighted by Gasteiger charge is 2.19. The third-order valence-electron chi connectivity index (χ3n) is 3.64. The van der Waals surface area contributed by atoms with E-state index in [1.165, 1.54) is 25.7 Å². The number of amides is 1. The number of nitrogens with one attached hydrogen (secondary N) is 1. The van der Waals surface area contributed by atoms with Crippen molar-refractivity contribution in [2.24, 2.45) is 17.6 Å². The summed E-state index contributed by atoms with van der Waals surface area (Å²) in [4.78, 5) is 11.6. The second kappa shape index (κ2) is 9.59. The lowest BCUT2D eigenvalue weighted by Crippen LogP contribution is -2.35. The van der Waals surface area contributed by atoms with Gasteiger partial charge in [-0.1, -0.05) is 19.8 Å². The van der Waals surface area contributed by atoms with Gasteiger partial charge in [0.05, 0.1) is 12.5 Å². The maximum Gasteiger partial charge on any atom is 0.222 e. The minimum absolute atomic E-state index is 0. The fourth-order valence-corrected chi connectivity index (χ4v) is 2.55. The molecule has 18 heavy (non-hydrogen) atoms. The van der Waals surface area contributed by atoms with Gasteiger partial charge < -0.3 is 15.8 Å². The molecule has 0 aliphatic heterocycles. The van der Waals surface area contributed by atoms with Gasteiger partial charge in [0.15, 0.2) is 0 Å². The predicted octanol–water partition coefficient (Wildman–Crippen LogP) is 1.71. The van der Waals surface area contributed by atoms with E-state index in [4.69, 9.17) is 10.5 Å². The molecule has 0 aromatic rings. The van der Waals surface area contributed by atoms with Crippen molar-refractivity contribution in [1.82, 2.24) is 5.32 Å². The molecule has 1 aliphatic rings. The third kappa shape index (κ3) is 6.57. The van der Waals surface area contributed by atoms with Crippen LogP contribution in [0.4, 0.5) is 0 Å². The number of carbonyl (C=O) groups excluding carboxylic acids is 1. The highest BCUT2D eigenvalue weighted by Crippen LogP contribution is 2.27. The molecule has 0 aromatic heterocycles. The Morgan fingerprint density at radius 2 is 2.22 bits per heavy atom. The first-order valence-electron chi connectivity index (χ1n) is 6.65. The molecule has 0 radical (unpaired) electrons. The summed E-state index contributed by atoms with van der Waals surface area (Å²) in [5.74, 6) is 1.52. The first-order valence-corrected chi connectivity index (χ1v) is 6.65. The Morgan fingerprint density at radius 1 is 1.50 bits per heavy atom. The Hall–Kier alpha value is -0.320. The van der Waals surface area contributed by atoms with Crippen LogP contribution in [0.25, 0.3) is 0 Å². The number of carbonyl (C=O) groups is 1. The SMILES string of the molecule is COC(CN)CC(=O)NCC1CCCC(C)C1.Cl. The molecule has 1 saturated carbocycles. The Balaban J connectivity index is 0.00000289. The van der Waals surface area contributed by atoms with Crippen molar-refractivity contribution in [3.05, 3.63) is 0 Å². The van der Waals surface area contributed by atoms with Gasteiger partial charge in [0.25, 0.3) is 0 Å². The van der Waals surface area contributed by atoms with E-state index in [1.807, 2.05) is 0 Å². The first kappa shape index (κ1) is 17.7. The molecular formula is C13H27ClN2O2. The molecule has 3 atom stereocenters. The maximum atomic E-state index is 11.6. The Labute approximate surface area is 116 Å². The summed E-state index contributed by atoms with van der Waals surface area (Å²) < 4.78 is 5.09. The zero-order valence-electron chi connectivity index (χ0n) is 11.5. The summed E-state index contributed by atoms with van der Waals surface area (Å²) in [6.07, 6.45) is 5.34. The molecule has 3 N–H and O–H groups in total. The van der Waals surface area contributed by atoms with Crippen molar-refractivity contribution in [2.75, 3.05) is 20.2 Å². The normalized spacial score (nSPS) is 25.1. The summed E-state index contributed by atoms with van der Waals surface area (Å²) in [7, 11) is 1.59. The van der Waals surface area contributed by atoms with Gasteiger partial charge in [0, 0.05) is 20.2 Å². The lowest BCUT2D eigenvalue weighted by atomic mass is 9.82. The van der Waals surface area contributed by atoms with E-state index in [2.05, 4.69) is 12.2 Å². The van der Waals surface area contributed by atoms with Crippen LogP contribution in [-0.4, -0.2) is 32.2 Å². The van der Waals surface area contributed by atoms with Crippen molar-refractivity contribution in [3.63, 3.8) is 0 Å². The largest absolute Gasteiger partial charge is 0.380 e. The van der Waals surface area contributed by atoms with Crippen molar-refractivity contribution in [1.29, 1.82) is 0 Å². The standard InChI is InChI=1S/C13H26N2O2.ClH/c1-10-4-3-5-11(6-10)9-15-13(16)7-12(8-14)17-2;/h10-12H,3-9,14H2,1-2H3,(H,15,16);1H. The molecule has 3 unspecified atom stereocenters. The van der Waals surface area contributed by atoms with Crippen LogP contribution in [0.2, 0.25) is 0 Å². The number of nitrogens with two attached hydrogens (primary N) is 1. The van der Waals surface area contributed by atoms with Gasteiger partial charge in [-0.25, -0.2) is 0 Å². The van der Waals surface area contributed by atoms with Crippen LogP contribution >= 0.6 is 12.4 Å². The number of hydrogen-bond acceptors (Lipinski definition) is 3. The Bertz CT molecular complexity index is 235. The van der Waals surface area contributed by atoms with Crippen LogP contribution in [-0.2, 0) is 9.53 Å². The zero-order valence-corrected chi connectivity index (χ0v) is 12.3. The van der Waals surface area contributed by atoms with E-state index >= 15 is 0 Å². The number of hydrogen-bond donors (Lipinski definition) is 2. The predicted molar refractivity (Wildman–Crippen MR) is 75.8 cm³/mol. The number of rotatable bonds is 6. The third-order valence-corrected chi connectivity index (χ3v) is 3.64. The average Bonchev–Trinajstić information content (AvgIpc) is 2.33. The van der Waals surface area contributed by atoms with Gasteiger partial charge in [0.1, 0.15) is 0 Å². The molecule has 1 amide bonds. The van der Waals surface area contributed by atoms with E-state index in [1.54, 1.807) is 7.11 Å². The van der Waals surface area contributed by atoms with Gasteiger partial charge in [-0.2, -0.15) is 0 Å². The second-order valence-electron chi connectivity index (χ2n) is 5.24. The summed E-state index contributed by atoms with van der Waals surface area (Å²) in [5.41, 5.74) is 5.48. The molecule has 1 aliphatic carbocycles. The molecule has 0 saturated heterocycles. The van der Waals surface area contributed by atoms with Crippen molar-refractivity contribution < 1.29 is 9.53 Å². The summed E-state index contributed by atoms with van der Waals surface area (Å²) in [5, 5.41) is 3.00. The molecule has 1 rings (SSSR count). The number of ether oxygens (including phenoxy) is 1. The Morgan fingerprint density at radius 3 is 2.78 bits per heavy atom.